The summed E-state index contributed by atoms with van der Waals surface area (Å²) in [6.07, 6.45) is 1.82. The predicted octanol–water partition coefficient (Wildman–Crippen LogP) is 3.56. The van der Waals surface area contributed by atoms with Gasteiger partial charge in [0.1, 0.15) is 5.82 Å². The average Bonchev–Trinajstić information content (AvgIpc) is 2.85. The normalized spacial score (nSPS) is 10.6. The van der Waals surface area contributed by atoms with Crippen LogP contribution in [0.15, 0.2) is 54.7 Å². The largest absolute Gasteiger partial charge is 0.361 e. The van der Waals surface area contributed by atoms with Crippen molar-refractivity contribution in [2.24, 2.45) is 0 Å². The molecule has 0 aliphatic heterocycles. The quantitative estimate of drug-likeness (QED) is 0.721. The first-order valence-electron chi connectivity index (χ1n) is 5.86. The molecule has 0 bridgehead atoms. The van der Waals surface area contributed by atoms with Crippen LogP contribution in [0.1, 0.15) is 10.4 Å². The number of H-pyrrole nitrogens is 1. The fraction of sp³-hybridized carbons (Fsp3) is 0. The number of fused-ring (bicyclic) bond motifs is 1. The maximum absolute atomic E-state index is 13.0. The van der Waals surface area contributed by atoms with E-state index in [0.717, 1.165) is 10.9 Å². The van der Waals surface area contributed by atoms with Crippen LogP contribution >= 0.6 is 0 Å². The summed E-state index contributed by atoms with van der Waals surface area (Å²) < 4.78 is 13.0. The molecule has 1 heterocycles. The number of benzene rings is 2. The number of hydrogen-bond acceptors (Lipinski definition) is 1. The Morgan fingerprint density at radius 1 is 1.11 bits per heavy atom. The predicted molar refractivity (Wildman–Crippen MR) is 72.7 cm³/mol. The third-order valence-electron chi connectivity index (χ3n) is 2.90. The van der Waals surface area contributed by atoms with E-state index < -0.39 is 0 Å². The van der Waals surface area contributed by atoms with Gasteiger partial charge in [-0.15, -0.1) is 0 Å². The number of aromatic amines is 1. The molecular formula is C15H11FN2O. The van der Waals surface area contributed by atoms with Gasteiger partial charge in [0.2, 0.25) is 0 Å². The third-order valence-corrected chi connectivity index (χ3v) is 2.90. The number of rotatable bonds is 2. The molecule has 1 amide bonds. The highest BCUT2D eigenvalue weighted by atomic mass is 19.1. The van der Waals surface area contributed by atoms with Crippen molar-refractivity contribution in [1.82, 2.24) is 4.98 Å². The Kier molecular flexibility index (Phi) is 2.76. The SMILES string of the molecule is O=C(Nc1cccc(F)c1)c1ccc2cc[nH]c2c1. The van der Waals surface area contributed by atoms with Crippen LogP contribution in [0.2, 0.25) is 0 Å². The number of amides is 1. The molecule has 3 rings (SSSR count). The van der Waals surface area contributed by atoms with Gasteiger partial charge in [-0.25, -0.2) is 4.39 Å². The number of carbonyl (C=O) groups is 1. The third kappa shape index (κ3) is 2.33. The lowest BCUT2D eigenvalue weighted by molar-refractivity contribution is 0.102. The van der Waals surface area contributed by atoms with Crippen molar-refractivity contribution in [1.29, 1.82) is 0 Å². The monoisotopic (exact) mass is 254 g/mol. The molecule has 3 nitrogen and oxygen atoms in total. The molecule has 0 fully saturated rings. The van der Waals surface area contributed by atoms with Crippen molar-refractivity contribution in [3.8, 4) is 0 Å². The molecular weight excluding hydrogens is 243 g/mol. The van der Waals surface area contributed by atoms with Crippen molar-refractivity contribution in [3.63, 3.8) is 0 Å². The highest BCUT2D eigenvalue weighted by Gasteiger charge is 2.07. The lowest BCUT2D eigenvalue weighted by atomic mass is 10.1. The van der Waals surface area contributed by atoms with Crippen molar-refractivity contribution >= 4 is 22.5 Å². The minimum absolute atomic E-state index is 0.262. The molecule has 2 N–H and O–H groups in total. The van der Waals surface area contributed by atoms with E-state index in [0.29, 0.717) is 11.3 Å². The van der Waals surface area contributed by atoms with Crippen LogP contribution in [0.3, 0.4) is 0 Å². The first-order valence-corrected chi connectivity index (χ1v) is 5.86. The second kappa shape index (κ2) is 4.57. The molecule has 1 aromatic heterocycles. The Morgan fingerprint density at radius 2 is 2.00 bits per heavy atom. The van der Waals surface area contributed by atoms with Crippen molar-refractivity contribution in [3.05, 3.63) is 66.1 Å². The summed E-state index contributed by atoms with van der Waals surface area (Å²) in [5.74, 6) is -0.639. The van der Waals surface area contributed by atoms with Gasteiger partial charge in [0.05, 0.1) is 0 Å². The van der Waals surface area contributed by atoms with E-state index in [1.165, 1.54) is 12.1 Å². The smallest absolute Gasteiger partial charge is 0.255 e. The van der Waals surface area contributed by atoms with Gasteiger partial charge in [-0.2, -0.15) is 0 Å². The fourth-order valence-corrected chi connectivity index (χ4v) is 1.96. The molecule has 94 valence electrons. The topological polar surface area (TPSA) is 44.9 Å². The molecule has 0 radical (unpaired) electrons. The molecule has 0 aliphatic rings. The number of anilines is 1. The summed E-state index contributed by atoms with van der Waals surface area (Å²) in [5.41, 5.74) is 1.86. The standard InChI is InChI=1S/C15H11FN2O/c16-12-2-1-3-13(9-12)18-15(19)11-5-4-10-6-7-17-14(10)8-11/h1-9,17H,(H,18,19). The van der Waals surface area contributed by atoms with Gasteiger partial charge in [0, 0.05) is 23.0 Å². The number of nitrogens with one attached hydrogen (secondary N) is 2. The molecule has 0 atom stereocenters. The van der Waals surface area contributed by atoms with Crippen LogP contribution < -0.4 is 5.32 Å². The molecule has 0 unspecified atom stereocenters. The van der Waals surface area contributed by atoms with E-state index >= 15 is 0 Å². The maximum atomic E-state index is 13.0. The van der Waals surface area contributed by atoms with Crippen LogP contribution in [-0.2, 0) is 0 Å². The summed E-state index contributed by atoms with van der Waals surface area (Å²) in [6.45, 7) is 0. The minimum Gasteiger partial charge on any atom is -0.361 e. The van der Waals surface area contributed by atoms with E-state index in [-0.39, 0.29) is 11.7 Å². The van der Waals surface area contributed by atoms with Gasteiger partial charge in [-0.1, -0.05) is 12.1 Å². The molecule has 0 spiro atoms. The summed E-state index contributed by atoms with van der Waals surface area (Å²) >= 11 is 0. The van der Waals surface area contributed by atoms with E-state index in [4.69, 9.17) is 0 Å². The first kappa shape index (κ1) is 11.5. The summed E-state index contributed by atoms with van der Waals surface area (Å²) in [7, 11) is 0. The molecule has 0 saturated carbocycles. The van der Waals surface area contributed by atoms with Crippen LogP contribution in [0, 0.1) is 5.82 Å². The Hall–Kier alpha value is -2.62. The molecule has 3 aromatic rings. The van der Waals surface area contributed by atoms with Crippen LogP contribution in [0.4, 0.5) is 10.1 Å². The lowest BCUT2D eigenvalue weighted by Gasteiger charge is -2.05. The molecule has 19 heavy (non-hydrogen) atoms. The number of carbonyl (C=O) groups excluding carboxylic acids is 1. The average molecular weight is 254 g/mol. The van der Waals surface area contributed by atoms with Crippen molar-refractivity contribution in [2.45, 2.75) is 0 Å². The Balaban J connectivity index is 1.87. The number of halogens is 1. The summed E-state index contributed by atoms with van der Waals surface area (Å²) in [5, 5.41) is 3.71. The molecule has 2 aromatic carbocycles. The summed E-state index contributed by atoms with van der Waals surface area (Å²) in [4.78, 5) is 15.1. The van der Waals surface area contributed by atoms with E-state index in [1.807, 2.05) is 18.3 Å². The fourth-order valence-electron chi connectivity index (χ4n) is 1.96. The van der Waals surface area contributed by atoms with Gasteiger partial charge in [0.25, 0.3) is 5.91 Å². The zero-order valence-electron chi connectivity index (χ0n) is 9.98. The minimum atomic E-state index is -0.377. The van der Waals surface area contributed by atoms with Gasteiger partial charge >= 0.3 is 0 Å². The Bertz CT molecular complexity index is 748. The van der Waals surface area contributed by atoms with Crippen molar-refractivity contribution < 1.29 is 9.18 Å². The van der Waals surface area contributed by atoms with Crippen LogP contribution in [0.5, 0.6) is 0 Å². The number of hydrogen-bond donors (Lipinski definition) is 2. The first-order chi connectivity index (χ1) is 9.22. The van der Waals surface area contributed by atoms with Crippen LogP contribution in [-0.4, -0.2) is 10.9 Å². The second-order valence-electron chi connectivity index (χ2n) is 4.24. The lowest BCUT2D eigenvalue weighted by Crippen LogP contribution is -2.11. The van der Waals surface area contributed by atoms with E-state index in [1.54, 1.807) is 24.3 Å². The van der Waals surface area contributed by atoms with E-state index in [9.17, 15) is 9.18 Å². The van der Waals surface area contributed by atoms with Gasteiger partial charge in [0.15, 0.2) is 0 Å². The van der Waals surface area contributed by atoms with E-state index in [2.05, 4.69) is 10.3 Å². The Labute approximate surface area is 109 Å². The Morgan fingerprint density at radius 3 is 2.84 bits per heavy atom. The summed E-state index contributed by atoms with van der Waals surface area (Å²) in [6, 6.07) is 13.1. The van der Waals surface area contributed by atoms with Crippen LogP contribution in [0.25, 0.3) is 10.9 Å². The number of aromatic nitrogens is 1. The highest BCUT2D eigenvalue weighted by molar-refractivity contribution is 6.06. The van der Waals surface area contributed by atoms with Crippen molar-refractivity contribution in [2.75, 3.05) is 5.32 Å². The van der Waals surface area contributed by atoms with Gasteiger partial charge < -0.3 is 10.3 Å². The van der Waals surface area contributed by atoms with Gasteiger partial charge in [-0.3, -0.25) is 4.79 Å². The molecule has 0 saturated heterocycles. The second-order valence-corrected chi connectivity index (χ2v) is 4.24. The molecule has 4 heteroatoms. The van der Waals surface area contributed by atoms with Gasteiger partial charge in [-0.05, 0) is 41.8 Å². The zero-order valence-corrected chi connectivity index (χ0v) is 9.98. The maximum Gasteiger partial charge on any atom is 0.255 e. The highest BCUT2D eigenvalue weighted by Crippen LogP contribution is 2.16. The zero-order chi connectivity index (χ0) is 13.2. The molecule has 0 aliphatic carbocycles.